The molecule has 132 valence electrons. The van der Waals surface area contributed by atoms with Crippen LogP contribution in [0.2, 0.25) is 0 Å². The predicted octanol–water partition coefficient (Wildman–Crippen LogP) is 1.32. The van der Waals surface area contributed by atoms with E-state index < -0.39 is 28.0 Å². The van der Waals surface area contributed by atoms with Crippen molar-refractivity contribution in [2.45, 2.75) is 38.4 Å². The third-order valence-electron chi connectivity index (χ3n) is 4.50. The van der Waals surface area contributed by atoms with Gasteiger partial charge in [-0.05, 0) is 24.3 Å². The second kappa shape index (κ2) is 6.45. The van der Waals surface area contributed by atoms with Crippen molar-refractivity contribution < 1.29 is 18.0 Å². The van der Waals surface area contributed by atoms with Crippen LogP contribution in [0.5, 0.6) is 0 Å². The second-order valence-electron chi connectivity index (χ2n) is 6.15. The Balaban J connectivity index is 1.96. The summed E-state index contributed by atoms with van der Waals surface area (Å²) in [6.07, 6.45) is 2.24. The molecule has 3 rings (SSSR count). The van der Waals surface area contributed by atoms with Gasteiger partial charge in [-0.3, -0.25) is 9.69 Å². The molecule has 2 fully saturated rings. The Labute approximate surface area is 145 Å². The molecule has 3 amide bonds. The topological polar surface area (TPSA) is 78.0 Å². The summed E-state index contributed by atoms with van der Waals surface area (Å²) in [7, 11) is -3.50. The van der Waals surface area contributed by atoms with Crippen LogP contribution in [-0.2, 0) is 21.4 Å². The third-order valence-corrected chi connectivity index (χ3v) is 6.62. The third kappa shape index (κ3) is 2.96. The molecule has 7 nitrogen and oxygen atoms in total. The number of rotatable bonds is 5. The minimum Gasteiger partial charge on any atom is -0.314 e. The molecule has 2 aliphatic rings. The molecule has 0 bridgehead atoms. The van der Waals surface area contributed by atoms with Gasteiger partial charge in [-0.15, -0.1) is 11.3 Å². The van der Waals surface area contributed by atoms with Gasteiger partial charge in [0, 0.05) is 18.0 Å². The van der Waals surface area contributed by atoms with E-state index in [9.17, 15) is 18.0 Å². The van der Waals surface area contributed by atoms with Crippen LogP contribution in [0.3, 0.4) is 0 Å². The van der Waals surface area contributed by atoms with Crippen LogP contribution >= 0.6 is 11.3 Å². The van der Waals surface area contributed by atoms with E-state index >= 15 is 0 Å². The van der Waals surface area contributed by atoms with Crippen LogP contribution < -0.4 is 0 Å². The molecule has 0 N–H and O–H groups in total. The molecule has 9 heteroatoms. The molecule has 0 unspecified atom stereocenters. The molecule has 2 atom stereocenters. The van der Waals surface area contributed by atoms with Gasteiger partial charge in [-0.2, -0.15) is 4.31 Å². The Morgan fingerprint density at radius 1 is 1.33 bits per heavy atom. The van der Waals surface area contributed by atoms with Gasteiger partial charge in [0.15, 0.2) is 0 Å². The summed E-state index contributed by atoms with van der Waals surface area (Å²) < 4.78 is 25.4. The number of hydrogen-bond donors (Lipinski definition) is 0. The van der Waals surface area contributed by atoms with Crippen molar-refractivity contribution in [2.75, 3.05) is 19.3 Å². The number of thiophene rings is 1. The summed E-state index contributed by atoms with van der Waals surface area (Å²) in [4.78, 5) is 29.5. The highest BCUT2D eigenvalue weighted by Gasteiger charge is 2.54. The van der Waals surface area contributed by atoms with Gasteiger partial charge in [0.25, 0.3) is 5.91 Å². The van der Waals surface area contributed by atoms with Crippen LogP contribution in [0.4, 0.5) is 4.79 Å². The maximum Gasteiger partial charge on any atom is 0.327 e. The fraction of sp³-hybridized carbons (Fsp3) is 0.600. The number of sulfonamides is 1. The van der Waals surface area contributed by atoms with Gasteiger partial charge >= 0.3 is 6.03 Å². The van der Waals surface area contributed by atoms with E-state index in [0.717, 1.165) is 11.1 Å². The highest BCUT2D eigenvalue weighted by molar-refractivity contribution is 7.88. The first-order chi connectivity index (χ1) is 11.3. The van der Waals surface area contributed by atoms with Crippen LogP contribution in [-0.4, -0.2) is 65.9 Å². The maximum atomic E-state index is 12.8. The summed E-state index contributed by atoms with van der Waals surface area (Å²) in [5.74, 6) is -0.391. The Bertz CT molecular complexity index is 732. The molecule has 0 aromatic carbocycles. The van der Waals surface area contributed by atoms with Crippen molar-refractivity contribution >= 4 is 33.3 Å². The molecule has 0 aliphatic carbocycles. The second-order valence-corrected chi connectivity index (χ2v) is 9.12. The van der Waals surface area contributed by atoms with Gasteiger partial charge < -0.3 is 4.90 Å². The Kier molecular flexibility index (Phi) is 4.67. The zero-order valence-corrected chi connectivity index (χ0v) is 15.3. The number of fused-ring (bicyclic) bond motifs is 1. The first-order valence-electron chi connectivity index (χ1n) is 7.95. The van der Waals surface area contributed by atoms with Crippen molar-refractivity contribution in [3.8, 4) is 0 Å². The van der Waals surface area contributed by atoms with Crippen molar-refractivity contribution in [2.24, 2.45) is 0 Å². The first-order valence-corrected chi connectivity index (χ1v) is 10.7. The monoisotopic (exact) mass is 371 g/mol. The number of urea groups is 1. The number of imide groups is 1. The Morgan fingerprint density at radius 2 is 2.08 bits per heavy atom. The minimum atomic E-state index is -3.50. The molecule has 0 saturated carbocycles. The Hall–Kier alpha value is -1.45. The molecule has 1 aromatic heterocycles. The van der Waals surface area contributed by atoms with Crippen LogP contribution in [0.25, 0.3) is 0 Å². The average Bonchev–Trinajstić information content (AvgIpc) is 3.16. The fourth-order valence-corrected chi connectivity index (χ4v) is 5.25. The molecule has 0 spiro atoms. The van der Waals surface area contributed by atoms with Crippen molar-refractivity contribution in [1.82, 2.24) is 14.1 Å². The zero-order valence-electron chi connectivity index (χ0n) is 13.7. The van der Waals surface area contributed by atoms with Crippen molar-refractivity contribution in [3.63, 3.8) is 0 Å². The van der Waals surface area contributed by atoms with E-state index in [0.29, 0.717) is 25.9 Å². The number of carbonyl (C=O) groups is 2. The average molecular weight is 371 g/mol. The normalized spacial score (nSPS) is 25.4. The number of nitrogens with zero attached hydrogens (tertiary/aromatic N) is 3. The highest BCUT2D eigenvalue weighted by atomic mass is 32.2. The van der Waals surface area contributed by atoms with Crippen LogP contribution in [0.15, 0.2) is 17.5 Å². The van der Waals surface area contributed by atoms with Crippen molar-refractivity contribution in [1.29, 1.82) is 0 Å². The Morgan fingerprint density at radius 3 is 2.67 bits per heavy atom. The van der Waals surface area contributed by atoms with E-state index in [-0.39, 0.29) is 12.6 Å². The van der Waals surface area contributed by atoms with Gasteiger partial charge in [0.05, 0.1) is 18.8 Å². The van der Waals surface area contributed by atoms with Crippen LogP contribution in [0, 0.1) is 0 Å². The fourth-order valence-electron chi connectivity index (χ4n) is 3.47. The van der Waals surface area contributed by atoms with E-state index in [1.54, 1.807) is 16.2 Å². The minimum absolute atomic E-state index is 0.272. The summed E-state index contributed by atoms with van der Waals surface area (Å²) in [6.45, 7) is 2.87. The van der Waals surface area contributed by atoms with E-state index in [2.05, 4.69) is 0 Å². The molecule has 2 aliphatic heterocycles. The summed E-state index contributed by atoms with van der Waals surface area (Å²) in [5.41, 5.74) is 0. The van der Waals surface area contributed by atoms with Crippen LogP contribution in [0.1, 0.15) is 24.6 Å². The lowest BCUT2D eigenvalue weighted by Crippen LogP contribution is -2.65. The van der Waals surface area contributed by atoms with Gasteiger partial charge in [0.2, 0.25) is 10.0 Å². The highest BCUT2D eigenvalue weighted by Crippen LogP contribution is 2.33. The zero-order chi connectivity index (χ0) is 17.5. The lowest BCUT2D eigenvalue weighted by atomic mass is 10.0. The van der Waals surface area contributed by atoms with E-state index in [1.807, 2.05) is 24.4 Å². The number of hydrogen-bond acceptors (Lipinski definition) is 5. The molecule has 2 saturated heterocycles. The standard InChI is InChI=1S/C15H21N3O4S2/c1-3-7-16-14(19)13-12(6-8-18(13)24(2,21)22)17(15(16)20)10-11-5-4-9-23-11/h4-5,9,12-13H,3,6-8,10H2,1-2H3/t12-,13+/m1/s1. The van der Waals surface area contributed by atoms with E-state index in [4.69, 9.17) is 0 Å². The van der Waals surface area contributed by atoms with Gasteiger partial charge in [-0.25, -0.2) is 13.2 Å². The molecule has 3 heterocycles. The number of amides is 3. The van der Waals surface area contributed by atoms with Crippen molar-refractivity contribution in [3.05, 3.63) is 22.4 Å². The lowest BCUT2D eigenvalue weighted by Gasteiger charge is -2.43. The predicted molar refractivity (Wildman–Crippen MR) is 91.0 cm³/mol. The lowest BCUT2D eigenvalue weighted by molar-refractivity contribution is -0.136. The number of carbonyl (C=O) groups excluding carboxylic acids is 2. The SMILES string of the molecule is CCCN1C(=O)[C@@H]2[C@@H](CCN2S(C)(=O)=O)N(Cc2cccs2)C1=O. The smallest absolute Gasteiger partial charge is 0.314 e. The maximum absolute atomic E-state index is 12.8. The summed E-state index contributed by atoms with van der Waals surface area (Å²) in [5, 5.41) is 1.94. The molecule has 24 heavy (non-hydrogen) atoms. The molecular formula is C15H21N3O4S2. The summed E-state index contributed by atoms with van der Waals surface area (Å²) >= 11 is 1.55. The largest absolute Gasteiger partial charge is 0.327 e. The molecule has 1 aromatic rings. The molecule has 0 radical (unpaired) electrons. The molecular weight excluding hydrogens is 350 g/mol. The summed E-state index contributed by atoms with van der Waals surface area (Å²) in [6, 6.07) is 2.35. The van der Waals surface area contributed by atoms with Gasteiger partial charge in [-0.1, -0.05) is 13.0 Å². The van der Waals surface area contributed by atoms with Gasteiger partial charge in [0.1, 0.15) is 6.04 Å². The first kappa shape index (κ1) is 17.4. The van der Waals surface area contributed by atoms with E-state index in [1.165, 1.54) is 9.21 Å². The quantitative estimate of drug-likeness (QED) is 0.782.